The fraction of sp³-hybridized carbons (Fsp3) is 0.462. The van der Waals surface area contributed by atoms with Gasteiger partial charge in [-0.3, -0.25) is 4.79 Å². The molecule has 0 spiro atoms. The molecule has 0 aliphatic carbocycles. The second kappa shape index (κ2) is 5.19. The van der Waals surface area contributed by atoms with Crippen molar-refractivity contribution in [3.8, 4) is 5.75 Å². The molecular weight excluding hydrogens is 218 g/mol. The summed E-state index contributed by atoms with van der Waals surface area (Å²) in [6, 6.07) is 1.14. The first-order valence-electron chi connectivity index (χ1n) is 5.42. The van der Waals surface area contributed by atoms with Gasteiger partial charge in [0.1, 0.15) is 11.8 Å². The van der Waals surface area contributed by atoms with Gasteiger partial charge in [-0.25, -0.2) is 0 Å². The van der Waals surface area contributed by atoms with Crippen LogP contribution < -0.4 is 10.5 Å². The highest BCUT2D eigenvalue weighted by Gasteiger charge is 2.22. The first-order valence-corrected chi connectivity index (χ1v) is 5.42. The van der Waals surface area contributed by atoms with Crippen molar-refractivity contribution in [2.24, 2.45) is 5.73 Å². The van der Waals surface area contributed by atoms with Crippen LogP contribution in [0.25, 0.3) is 0 Å². The van der Waals surface area contributed by atoms with Gasteiger partial charge in [0.05, 0.1) is 14.2 Å². The average Bonchev–Trinajstić information content (AvgIpc) is 2.32. The molecule has 4 nitrogen and oxygen atoms in total. The number of ether oxygens (including phenoxy) is 2. The number of methoxy groups -OCH3 is 2. The molecule has 0 aromatic heterocycles. The van der Waals surface area contributed by atoms with Gasteiger partial charge >= 0.3 is 5.97 Å². The van der Waals surface area contributed by atoms with E-state index in [0.717, 1.165) is 28.0 Å². The molecule has 1 unspecified atom stereocenters. The van der Waals surface area contributed by atoms with E-state index in [0.29, 0.717) is 0 Å². The van der Waals surface area contributed by atoms with E-state index in [1.807, 2.05) is 26.8 Å². The third kappa shape index (κ3) is 2.42. The van der Waals surface area contributed by atoms with Crippen LogP contribution in [0, 0.1) is 20.8 Å². The summed E-state index contributed by atoms with van der Waals surface area (Å²) < 4.78 is 9.95. The Labute approximate surface area is 102 Å². The predicted molar refractivity (Wildman–Crippen MR) is 66.1 cm³/mol. The van der Waals surface area contributed by atoms with E-state index in [-0.39, 0.29) is 0 Å². The number of carbonyl (C=O) groups is 1. The number of carbonyl (C=O) groups excluding carboxylic acids is 1. The van der Waals surface area contributed by atoms with E-state index in [4.69, 9.17) is 10.5 Å². The molecule has 0 heterocycles. The topological polar surface area (TPSA) is 61.5 Å². The van der Waals surface area contributed by atoms with Crippen molar-refractivity contribution in [1.82, 2.24) is 0 Å². The highest BCUT2D eigenvalue weighted by atomic mass is 16.5. The lowest BCUT2D eigenvalue weighted by Gasteiger charge is -2.19. The number of nitrogens with two attached hydrogens (primary N) is 1. The molecule has 1 aromatic carbocycles. The van der Waals surface area contributed by atoms with Crippen LogP contribution in [-0.4, -0.2) is 20.2 Å². The van der Waals surface area contributed by atoms with Gasteiger partial charge in [0, 0.05) is 0 Å². The van der Waals surface area contributed by atoms with Crippen LogP contribution in [-0.2, 0) is 9.53 Å². The standard InChI is InChI=1S/C13H19NO3/c1-7-6-10(16-4)8(2)9(3)11(7)12(14)13(15)17-5/h6,12H,14H2,1-5H3. The molecular formula is C13H19NO3. The maximum absolute atomic E-state index is 11.5. The summed E-state index contributed by atoms with van der Waals surface area (Å²) >= 11 is 0. The number of hydrogen-bond donors (Lipinski definition) is 1. The number of benzene rings is 1. The number of esters is 1. The Bertz CT molecular complexity index is 441. The van der Waals surface area contributed by atoms with Gasteiger partial charge in [-0.05, 0) is 49.1 Å². The Morgan fingerprint density at radius 3 is 2.29 bits per heavy atom. The largest absolute Gasteiger partial charge is 0.496 e. The molecule has 0 saturated carbocycles. The van der Waals surface area contributed by atoms with Crippen molar-refractivity contribution in [2.75, 3.05) is 14.2 Å². The lowest BCUT2D eigenvalue weighted by atomic mass is 9.92. The number of aryl methyl sites for hydroxylation is 1. The van der Waals surface area contributed by atoms with Crippen molar-refractivity contribution >= 4 is 5.97 Å². The lowest BCUT2D eigenvalue weighted by Crippen LogP contribution is -2.24. The van der Waals surface area contributed by atoms with E-state index in [9.17, 15) is 4.79 Å². The molecule has 0 aliphatic rings. The Balaban J connectivity index is 3.35. The van der Waals surface area contributed by atoms with Crippen molar-refractivity contribution < 1.29 is 14.3 Å². The van der Waals surface area contributed by atoms with Crippen LogP contribution in [0.15, 0.2) is 6.07 Å². The molecule has 1 atom stereocenters. The Morgan fingerprint density at radius 2 is 1.82 bits per heavy atom. The normalized spacial score (nSPS) is 12.1. The summed E-state index contributed by atoms with van der Waals surface area (Å²) in [7, 11) is 2.96. The van der Waals surface area contributed by atoms with Gasteiger partial charge in [-0.1, -0.05) is 0 Å². The third-order valence-electron chi connectivity index (χ3n) is 3.09. The molecule has 94 valence electrons. The summed E-state index contributed by atoms with van der Waals surface area (Å²) in [4.78, 5) is 11.5. The minimum absolute atomic E-state index is 0.430. The first-order chi connectivity index (χ1) is 7.93. The molecule has 1 rings (SSSR count). The number of hydrogen-bond acceptors (Lipinski definition) is 4. The van der Waals surface area contributed by atoms with Crippen molar-refractivity contribution in [1.29, 1.82) is 0 Å². The van der Waals surface area contributed by atoms with Gasteiger partial charge in [-0.15, -0.1) is 0 Å². The van der Waals surface area contributed by atoms with E-state index >= 15 is 0 Å². The van der Waals surface area contributed by atoms with E-state index in [2.05, 4.69) is 4.74 Å². The number of rotatable bonds is 3. The SMILES string of the molecule is COC(=O)C(N)c1c(C)cc(OC)c(C)c1C. The van der Waals surface area contributed by atoms with Crippen molar-refractivity contribution in [2.45, 2.75) is 26.8 Å². The van der Waals surface area contributed by atoms with Crippen LogP contribution in [0.4, 0.5) is 0 Å². The average molecular weight is 237 g/mol. The fourth-order valence-corrected chi connectivity index (χ4v) is 2.00. The quantitative estimate of drug-likeness (QED) is 0.814. The third-order valence-corrected chi connectivity index (χ3v) is 3.09. The van der Waals surface area contributed by atoms with Crippen LogP contribution in [0.3, 0.4) is 0 Å². The molecule has 0 bridgehead atoms. The zero-order chi connectivity index (χ0) is 13.2. The van der Waals surface area contributed by atoms with Crippen molar-refractivity contribution in [3.63, 3.8) is 0 Å². The molecule has 0 aliphatic heterocycles. The zero-order valence-corrected chi connectivity index (χ0v) is 11.0. The highest BCUT2D eigenvalue weighted by Crippen LogP contribution is 2.30. The molecule has 17 heavy (non-hydrogen) atoms. The minimum atomic E-state index is -0.746. The van der Waals surface area contributed by atoms with Crippen molar-refractivity contribution in [3.05, 3.63) is 28.3 Å². The maximum atomic E-state index is 11.5. The Morgan fingerprint density at radius 1 is 1.24 bits per heavy atom. The van der Waals surface area contributed by atoms with Gasteiger partial charge < -0.3 is 15.2 Å². The zero-order valence-electron chi connectivity index (χ0n) is 11.0. The molecule has 0 radical (unpaired) electrons. The Hall–Kier alpha value is -1.55. The minimum Gasteiger partial charge on any atom is -0.496 e. The van der Waals surface area contributed by atoms with Gasteiger partial charge in [0.25, 0.3) is 0 Å². The smallest absolute Gasteiger partial charge is 0.327 e. The second-order valence-corrected chi connectivity index (χ2v) is 4.06. The van der Waals surface area contributed by atoms with Crippen LogP contribution in [0.2, 0.25) is 0 Å². The highest BCUT2D eigenvalue weighted by molar-refractivity contribution is 5.78. The monoisotopic (exact) mass is 237 g/mol. The molecule has 0 fully saturated rings. The van der Waals surface area contributed by atoms with Gasteiger partial charge in [-0.2, -0.15) is 0 Å². The predicted octanol–water partition coefficient (Wildman–Crippen LogP) is 1.79. The van der Waals surface area contributed by atoms with Crippen LogP contribution in [0.1, 0.15) is 28.3 Å². The first kappa shape index (κ1) is 13.5. The van der Waals surface area contributed by atoms with Gasteiger partial charge in [0.15, 0.2) is 0 Å². The summed E-state index contributed by atoms with van der Waals surface area (Å²) in [6.45, 7) is 5.79. The van der Waals surface area contributed by atoms with Crippen LogP contribution >= 0.6 is 0 Å². The molecule has 4 heteroatoms. The molecule has 0 saturated heterocycles. The second-order valence-electron chi connectivity index (χ2n) is 4.06. The van der Waals surface area contributed by atoms with Gasteiger partial charge in [0.2, 0.25) is 0 Å². The fourth-order valence-electron chi connectivity index (χ4n) is 2.00. The van der Waals surface area contributed by atoms with Crippen LogP contribution in [0.5, 0.6) is 5.75 Å². The molecule has 1 aromatic rings. The Kier molecular flexibility index (Phi) is 4.12. The lowest BCUT2D eigenvalue weighted by molar-refractivity contribution is -0.142. The molecule has 2 N–H and O–H groups in total. The van der Waals surface area contributed by atoms with E-state index in [1.165, 1.54) is 7.11 Å². The summed E-state index contributed by atoms with van der Waals surface area (Å²) in [5, 5.41) is 0. The summed E-state index contributed by atoms with van der Waals surface area (Å²) in [5.74, 6) is 0.376. The molecule has 0 amide bonds. The maximum Gasteiger partial charge on any atom is 0.327 e. The van der Waals surface area contributed by atoms with E-state index in [1.54, 1.807) is 7.11 Å². The summed E-state index contributed by atoms with van der Waals surface area (Å²) in [6.07, 6.45) is 0. The summed E-state index contributed by atoms with van der Waals surface area (Å²) in [5.41, 5.74) is 9.61. The van der Waals surface area contributed by atoms with E-state index < -0.39 is 12.0 Å².